The third-order valence-electron chi connectivity index (χ3n) is 2.12. The maximum Gasteiger partial charge on any atom is 0.126 e. The fourth-order valence-corrected chi connectivity index (χ4v) is 1.88. The molecule has 15 heavy (non-hydrogen) atoms. The van der Waals surface area contributed by atoms with Gasteiger partial charge in [0.2, 0.25) is 0 Å². The monoisotopic (exact) mass is 243 g/mol. The molecule has 1 heterocycles. The second-order valence-electron chi connectivity index (χ2n) is 4.09. The van der Waals surface area contributed by atoms with E-state index in [9.17, 15) is 0 Å². The summed E-state index contributed by atoms with van der Waals surface area (Å²) < 4.78 is 0. The highest BCUT2D eigenvalue weighted by Gasteiger charge is 2.19. The first-order valence-corrected chi connectivity index (χ1v) is 5.27. The van der Waals surface area contributed by atoms with Crippen LogP contribution in [0.1, 0.15) is 19.7 Å². The average Bonchev–Trinajstić information content (AvgIpc) is 2.46. The summed E-state index contributed by atoms with van der Waals surface area (Å²) in [7, 11) is 0. The molecule has 0 atom stereocenters. The third kappa shape index (κ3) is 1.95. The maximum absolute atomic E-state index is 6.02. The van der Waals surface area contributed by atoms with E-state index in [1.54, 1.807) is 12.1 Å². The van der Waals surface area contributed by atoms with Gasteiger partial charge >= 0.3 is 0 Å². The van der Waals surface area contributed by atoms with Crippen molar-refractivity contribution in [3.05, 3.63) is 28.0 Å². The van der Waals surface area contributed by atoms with Crippen molar-refractivity contribution < 1.29 is 0 Å². The lowest BCUT2D eigenvalue weighted by molar-refractivity contribution is 0.522. The minimum Gasteiger partial charge on any atom is -0.340 e. The van der Waals surface area contributed by atoms with E-state index in [0.717, 1.165) is 5.52 Å². The number of rotatable bonds is 1. The Labute approximate surface area is 97.6 Å². The number of nitrogens with zero attached hydrogens (tertiary/aromatic N) is 1. The van der Waals surface area contributed by atoms with Crippen molar-refractivity contribution in [1.82, 2.24) is 9.97 Å². The summed E-state index contributed by atoms with van der Waals surface area (Å²) in [6, 6.07) is 3.45. The normalized spacial score (nSPS) is 12.3. The molecule has 0 spiro atoms. The fourth-order valence-electron chi connectivity index (χ4n) is 1.35. The van der Waals surface area contributed by atoms with Gasteiger partial charge in [-0.2, -0.15) is 0 Å². The van der Waals surface area contributed by atoms with Crippen LogP contribution in [0.15, 0.2) is 12.1 Å². The summed E-state index contributed by atoms with van der Waals surface area (Å²) in [5.41, 5.74) is 6.93. The highest BCUT2D eigenvalue weighted by Crippen LogP contribution is 2.28. The van der Waals surface area contributed by atoms with Crippen LogP contribution in [0.2, 0.25) is 10.0 Å². The van der Waals surface area contributed by atoms with E-state index < -0.39 is 5.54 Å². The molecule has 0 aliphatic carbocycles. The number of hydrogen-bond acceptors (Lipinski definition) is 2. The van der Waals surface area contributed by atoms with Crippen LogP contribution >= 0.6 is 23.2 Å². The van der Waals surface area contributed by atoms with Gasteiger partial charge in [-0.3, -0.25) is 0 Å². The summed E-state index contributed by atoms with van der Waals surface area (Å²) in [5, 5.41) is 1.11. The number of aromatic nitrogens is 2. The van der Waals surface area contributed by atoms with Crippen LogP contribution in [0.25, 0.3) is 11.0 Å². The Kier molecular flexibility index (Phi) is 2.41. The molecular weight excluding hydrogens is 233 g/mol. The molecule has 0 aliphatic rings. The van der Waals surface area contributed by atoms with Crippen LogP contribution < -0.4 is 5.73 Å². The van der Waals surface area contributed by atoms with Crippen molar-refractivity contribution in [2.24, 2.45) is 5.73 Å². The van der Waals surface area contributed by atoms with E-state index in [2.05, 4.69) is 9.97 Å². The number of halogens is 2. The second-order valence-corrected chi connectivity index (χ2v) is 4.93. The Hall–Kier alpha value is -0.770. The first kappa shape index (κ1) is 10.7. The minimum absolute atomic E-state index is 0.519. The predicted molar refractivity (Wildman–Crippen MR) is 63.3 cm³/mol. The molecule has 0 saturated heterocycles. The quantitative estimate of drug-likeness (QED) is 0.809. The molecule has 0 bridgehead atoms. The molecule has 1 aromatic heterocycles. The lowest BCUT2D eigenvalue weighted by Crippen LogP contribution is -2.30. The van der Waals surface area contributed by atoms with Gasteiger partial charge < -0.3 is 10.7 Å². The summed E-state index contributed by atoms with van der Waals surface area (Å²) in [5.74, 6) is 0.696. The molecule has 2 aromatic rings. The molecule has 80 valence electrons. The van der Waals surface area contributed by atoms with Crippen LogP contribution in [0.5, 0.6) is 0 Å². The average molecular weight is 244 g/mol. The van der Waals surface area contributed by atoms with Crippen LogP contribution in [-0.2, 0) is 5.54 Å². The summed E-state index contributed by atoms with van der Waals surface area (Å²) >= 11 is 11.9. The Balaban J connectivity index is 2.71. The molecule has 1 aromatic carbocycles. The van der Waals surface area contributed by atoms with Crippen molar-refractivity contribution >= 4 is 34.2 Å². The smallest absolute Gasteiger partial charge is 0.126 e. The second kappa shape index (κ2) is 3.37. The summed E-state index contributed by atoms with van der Waals surface area (Å²) in [6.07, 6.45) is 0. The number of H-pyrrole nitrogens is 1. The number of nitrogens with one attached hydrogen (secondary N) is 1. The Morgan fingerprint density at radius 1 is 1.33 bits per heavy atom. The zero-order chi connectivity index (χ0) is 11.2. The molecule has 0 saturated carbocycles. The standard InChI is InChI=1S/C10H11Cl2N3/c1-10(2,13)9-14-7-4-5(11)3-6(12)8(7)15-9/h3-4H,13H2,1-2H3,(H,14,15). The number of aromatic amines is 1. The maximum atomic E-state index is 6.02. The Bertz CT molecular complexity index is 511. The lowest BCUT2D eigenvalue weighted by Gasteiger charge is -2.13. The fraction of sp³-hybridized carbons (Fsp3) is 0.300. The van der Waals surface area contributed by atoms with Gasteiger partial charge in [-0.1, -0.05) is 23.2 Å². The predicted octanol–water partition coefficient (Wildman–Crippen LogP) is 3.06. The molecule has 0 radical (unpaired) electrons. The van der Waals surface area contributed by atoms with Gasteiger partial charge in [0.25, 0.3) is 0 Å². The van der Waals surface area contributed by atoms with Crippen LogP contribution in [0.4, 0.5) is 0 Å². The highest BCUT2D eigenvalue weighted by molar-refractivity contribution is 6.38. The van der Waals surface area contributed by atoms with E-state index in [-0.39, 0.29) is 0 Å². The van der Waals surface area contributed by atoms with Crippen LogP contribution in [0, 0.1) is 0 Å². The van der Waals surface area contributed by atoms with E-state index >= 15 is 0 Å². The van der Waals surface area contributed by atoms with Gasteiger partial charge in [0.15, 0.2) is 0 Å². The zero-order valence-corrected chi connectivity index (χ0v) is 9.95. The first-order valence-electron chi connectivity index (χ1n) is 4.52. The molecule has 0 fully saturated rings. The van der Waals surface area contributed by atoms with Crippen molar-refractivity contribution in [2.75, 3.05) is 0 Å². The molecule has 5 heteroatoms. The van der Waals surface area contributed by atoms with E-state index in [0.29, 0.717) is 21.4 Å². The van der Waals surface area contributed by atoms with Gasteiger partial charge in [-0.05, 0) is 26.0 Å². The SMILES string of the molecule is CC(C)(N)c1nc2c(Cl)cc(Cl)cc2[nH]1. The Morgan fingerprint density at radius 3 is 2.60 bits per heavy atom. The molecule has 0 aliphatic heterocycles. The van der Waals surface area contributed by atoms with E-state index in [4.69, 9.17) is 28.9 Å². The molecular formula is C10H11Cl2N3. The van der Waals surface area contributed by atoms with E-state index in [1.807, 2.05) is 13.8 Å². The first-order chi connectivity index (χ1) is 6.88. The summed E-state index contributed by atoms with van der Waals surface area (Å²) in [6.45, 7) is 3.75. The number of imidazole rings is 1. The molecule has 3 N–H and O–H groups in total. The number of benzene rings is 1. The molecule has 2 rings (SSSR count). The third-order valence-corrected chi connectivity index (χ3v) is 2.62. The highest BCUT2D eigenvalue weighted by atomic mass is 35.5. The minimum atomic E-state index is -0.519. The number of nitrogens with two attached hydrogens (primary N) is 1. The van der Waals surface area contributed by atoms with Gasteiger partial charge in [0, 0.05) is 5.02 Å². The van der Waals surface area contributed by atoms with Crippen LogP contribution in [-0.4, -0.2) is 9.97 Å². The van der Waals surface area contributed by atoms with E-state index in [1.165, 1.54) is 0 Å². The number of fused-ring (bicyclic) bond motifs is 1. The summed E-state index contributed by atoms with van der Waals surface area (Å²) in [4.78, 5) is 7.47. The van der Waals surface area contributed by atoms with Crippen molar-refractivity contribution in [3.63, 3.8) is 0 Å². The molecule has 0 amide bonds. The van der Waals surface area contributed by atoms with Crippen molar-refractivity contribution in [1.29, 1.82) is 0 Å². The van der Waals surface area contributed by atoms with Crippen molar-refractivity contribution in [3.8, 4) is 0 Å². The van der Waals surface area contributed by atoms with Gasteiger partial charge in [-0.15, -0.1) is 0 Å². The van der Waals surface area contributed by atoms with Gasteiger partial charge in [-0.25, -0.2) is 4.98 Å². The zero-order valence-electron chi connectivity index (χ0n) is 8.44. The van der Waals surface area contributed by atoms with Gasteiger partial charge in [0.1, 0.15) is 11.3 Å². The molecule has 0 unspecified atom stereocenters. The lowest BCUT2D eigenvalue weighted by atomic mass is 10.1. The topological polar surface area (TPSA) is 54.7 Å². The Morgan fingerprint density at radius 2 is 2.00 bits per heavy atom. The van der Waals surface area contributed by atoms with Crippen molar-refractivity contribution in [2.45, 2.75) is 19.4 Å². The van der Waals surface area contributed by atoms with Gasteiger partial charge in [0.05, 0.1) is 16.1 Å². The number of hydrogen-bond donors (Lipinski definition) is 2. The molecule has 3 nitrogen and oxygen atoms in total. The largest absolute Gasteiger partial charge is 0.340 e. The van der Waals surface area contributed by atoms with Crippen LogP contribution in [0.3, 0.4) is 0 Å².